The molecule has 1 unspecified atom stereocenters. The highest BCUT2D eigenvalue weighted by Gasteiger charge is 2.19. The first-order valence-corrected chi connectivity index (χ1v) is 34.7. The summed E-state index contributed by atoms with van der Waals surface area (Å²) in [6.45, 7) is 6.40. The normalized spacial score (nSPS) is 13.0. The van der Waals surface area contributed by atoms with Crippen molar-refractivity contribution < 1.29 is 28.6 Å². The van der Waals surface area contributed by atoms with Crippen molar-refractivity contribution in [3.63, 3.8) is 0 Å². The molecule has 0 saturated carbocycles. The Morgan fingerprint density at radius 3 is 0.759 bits per heavy atom. The highest BCUT2D eigenvalue weighted by Crippen LogP contribution is 2.16. The van der Waals surface area contributed by atoms with Crippen LogP contribution in [0.3, 0.4) is 0 Å². The van der Waals surface area contributed by atoms with E-state index in [1.807, 2.05) is 0 Å². The van der Waals surface area contributed by atoms with Gasteiger partial charge in [-0.1, -0.05) is 296 Å². The zero-order valence-electron chi connectivity index (χ0n) is 54.2. The van der Waals surface area contributed by atoms with Crippen LogP contribution in [0.15, 0.2) is 134 Å². The lowest BCUT2D eigenvalue weighted by Crippen LogP contribution is -2.30. The van der Waals surface area contributed by atoms with Gasteiger partial charge in [0.05, 0.1) is 0 Å². The van der Waals surface area contributed by atoms with Crippen molar-refractivity contribution in [1.29, 1.82) is 0 Å². The second kappa shape index (κ2) is 70.0. The highest BCUT2D eigenvalue weighted by molar-refractivity contribution is 5.71. The van der Waals surface area contributed by atoms with Crippen LogP contribution in [0.25, 0.3) is 0 Å². The van der Waals surface area contributed by atoms with Crippen LogP contribution >= 0.6 is 0 Å². The predicted octanol–water partition coefficient (Wildman–Crippen LogP) is 24.1. The number of carbonyl (C=O) groups is 3. The molecule has 0 spiro atoms. The third-order valence-electron chi connectivity index (χ3n) is 14.6. The number of allylic oxidation sites excluding steroid dienone is 22. The molecule has 0 radical (unpaired) electrons. The quantitative estimate of drug-likeness (QED) is 0.0261. The summed E-state index contributed by atoms with van der Waals surface area (Å²) in [5.41, 5.74) is 0. The van der Waals surface area contributed by atoms with E-state index < -0.39 is 6.10 Å². The number of unbranched alkanes of at least 4 members (excludes halogenated alkanes) is 29. The van der Waals surface area contributed by atoms with Crippen molar-refractivity contribution in [2.24, 2.45) is 0 Å². The van der Waals surface area contributed by atoms with Gasteiger partial charge in [0.2, 0.25) is 0 Å². The van der Waals surface area contributed by atoms with E-state index in [0.717, 1.165) is 128 Å². The van der Waals surface area contributed by atoms with Gasteiger partial charge in [-0.15, -0.1) is 0 Å². The fourth-order valence-electron chi connectivity index (χ4n) is 9.49. The molecule has 0 N–H and O–H groups in total. The number of rotatable bonds is 62. The smallest absolute Gasteiger partial charge is 0.306 e. The maximum atomic E-state index is 12.9. The maximum Gasteiger partial charge on any atom is 0.306 e. The summed E-state index contributed by atoms with van der Waals surface area (Å²) in [5.74, 6) is -0.919. The molecule has 1 atom stereocenters. The van der Waals surface area contributed by atoms with E-state index in [0.29, 0.717) is 19.3 Å². The van der Waals surface area contributed by atoms with Crippen LogP contribution in [-0.2, 0) is 28.6 Å². The molecule has 0 bridgehead atoms. The largest absolute Gasteiger partial charge is 0.462 e. The number of ether oxygens (including phenoxy) is 3. The minimum absolute atomic E-state index is 0.0912. The van der Waals surface area contributed by atoms with Crippen LogP contribution in [0.1, 0.15) is 316 Å². The Morgan fingerprint density at radius 2 is 0.470 bits per heavy atom. The van der Waals surface area contributed by atoms with Crippen LogP contribution in [0.5, 0.6) is 0 Å². The van der Waals surface area contributed by atoms with E-state index in [-0.39, 0.29) is 31.1 Å². The van der Waals surface area contributed by atoms with Crippen LogP contribution < -0.4 is 0 Å². The summed E-state index contributed by atoms with van der Waals surface area (Å²) in [6, 6.07) is 0. The molecule has 0 aromatic heterocycles. The molecule has 0 aromatic carbocycles. The molecule has 0 aromatic rings. The first kappa shape index (κ1) is 78.5. The molecule has 0 aliphatic rings. The number of esters is 3. The van der Waals surface area contributed by atoms with Crippen LogP contribution in [0.2, 0.25) is 0 Å². The lowest BCUT2D eigenvalue weighted by Gasteiger charge is -2.18. The van der Waals surface area contributed by atoms with E-state index in [4.69, 9.17) is 14.2 Å². The Hall–Kier alpha value is -4.45. The number of hydrogen-bond donors (Lipinski definition) is 0. The van der Waals surface area contributed by atoms with Crippen molar-refractivity contribution >= 4 is 17.9 Å². The van der Waals surface area contributed by atoms with Crippen molar-refractivity contribution in [1.82, 2.24) is 0 Å². The molecule has 0 aliphatic carbocycles. The zero-order valence-corrected chi connectivity index (χ0v) is 54.2. The fraction of sp³-hybridized carbons (Fsp3) is 0.675. The van der Waals surface area contributed by atoms with E-state index in [2.05, 4.69) is 154 Å². The number of hydrogen-bond acceptors (Lipinski definition) is 6. The minimum atomic E-state index is -0.797. The molecule has 6 nitrogen and oxygen atoms in total. The standard InChI is InChI=1S/C77H128O6/c1-4-7-10-13-16-19-22-25-27-29-31-32-33-34-35-36-37-38-39-40-41-42-43-44-46-47-49-52-55-58-61-64-67-70-76(79)82-73-74(72-81-75(78)69-66-63-60-57-54-51-24-21-18-15-12-9-6-3)83-77(80)71-68-65-62-59-56-53-50-48-45-30-28-26-23-20-17-14-11-8-5-2/h7,9-10,12,16,18-19,21,25-28,31-32,34-35,37-38,40-41,51,54,74H,4-6,8,11,13-15,17,20,22-24,29-30,33,36,39,42-50,52-53,55-73H2,1-3H3/b10-7-,12-9-,19-16-,21-18-,27-25-,28-26-,32-31-,35-34-,38-37-,41-40-,54-51-. The minimum Gasteiger partial charge on any atom is -0.462 e. The third kappa shape index (κ3) is 68.2. The third-order valence-corrected chi connectivity index (χ3v) is 14.6. The molecular weight excluding hydrogens is 1020 g/mol. The Balaban J connectivity index is 4.27. The van der Waals surface area contributed by atoms with Crippen molar-refractivity contribution in [3.8, 4) is 0 Å². The highest BCUT2D eigenvalue weighted by atomic mass is 16.6. The molecule has 0 saturated heterocycles. The average molecular weight is 1150 g/mol. The van der Waals surface area contributed by atoms with Gasteiger partial charge in [-0.05, 0) is 135 Å². The molecular formula is C77H128O6. The Morgan fingerprint density at radius 1 is 0.253 bits per heavy atom. The van der Waals surface area contributed by atoms with Crippen LogP contribution in [-0.4, -0.2) is 37.2 Å². The van der Waals surface area contributed by atoms with Gasteiger partial charge in [0, 0.05) is 19.3 Å². The Bertz CT molecular complexity index is 1750. The van der Waals surface area contributed by atoms with Gasteiger partial charge in [-0.3, -0.25) is 14.4 Å². The average Bonchev–Trinajstić information content (AvgIpc) is 3.49. The lowest BCUT2D eigenvalue weighted by molar-refractivity contribution is -0.167. The summed E-state index contributed by atoms with van der Waals surface area (Å²) in [5, 5.41) is 0. The van der Waals surface area contributed by atoms with E-state index in [9.17, 15) is 14.4 Å². The Labute approximate surface area is 513 Å². The summed E-state index contributed by atoms with van der Waals surface area (Å²) < 4.78 is 16.9. The van der Waals surface area contributed by atoms with Crippen LogP contribution in [0.4, 0.5) is 0 Å². The van der Waals surface area contributed by atoms with Crippen molar-refractivity contribution in [3.05, 3.63) is 134 Å². The van der Waals surface area contributed by atoms with Crippen LogP contribution in [0, 0.1) is 0 Å². The second-order valence-electron chi connectivity index (χ2n) is 22.7. The molecule has 6 heteroatoms. The van der Waals surface area contributed by atoms with E-state index in [1.54, 1.807) is 0 Å². The summed E-state index contributed by atoms with van der Waals surface area (Å²) in [7, 11) is 0. The molecule has 83 heavy (non-hydrogen) atoms. The van der Waals surface area contributed by atoms with Gasteiger partial charge in [-0.2, -0.15) is 0 Å². The SMILES string of the molecule is CC/C=C\C/C=C\C/C=C\C/C=C\C/C=C\C/C=C\C/C=C\CCCCCCCCCCCCCC(=O)OCC(COC(=O)CCCCC/C=C\C/C=C\C/C=C\CC)OC(=O)CCCCCCCCCCC/C=C\CCCCCCCC. The molecule has 472 valence electrons. The first-order chi connectivity index (χ1) is 41.0. The topological polar surface area (TPSA) is 78.9 Å². The van der Waals surface area contributed by atoms with Gasteiger partial charge in [0.15, 0.2) is 6.10 Å². The van der Waals surface area contributed by atoms with Crippen molar-refractivity contribution in [2.75, 3.05) is 13.2 Å². The maximum absolute atomic E-state index is 12.9. The fourth-order valence-corrected chi connectivity index (χ4v) is 9.49. The molecule has 0 fully saturated rings. The van der Waals surface area contributed by atoms with E-state index in [1.165, 1.54) is 148 Å². The summed E-state index contributed by atoms with van der Waals surface area (Å²) in [6.07, 6.45) is 99.1. The summed E-state index contributed by atoms with van der Waals surface area (Å²) in [4.78, 5) is 38.4. The first-order valence-electron chi connectivity index (χ1n) is 34.7. The van der Waals surface area contributed by atoms with Gasteiger partial charge in [0.25, 0.3) is 0 Å². The second-order valence-corrected chi connectivity index (χ2v) is 22.7. The molecule has 0 aliphatic heterocycles. The predicted molar refractivity (Wildman–Crippen MR) is 362 cm³/mol. The molecule has 0 heterocycles. The number of carbonyl (C=O) groups excluding carboxylic acids is 3. The lowest BCUT2D eigenvalue weighted by atomic mass is 10.0. The van der Waals surface area contributed by atoms with Gasteiger partial charge in [0.1, 0.15) is 13.2 Å². The molecule has 0 amide bonds. The summed E-state index contributed by atoms with van der Waals surface area (Å²) >= 11 is 0. The Kier molecular flexibility index (Phi) is 66.3. The van der Waals surface area contributed by atoms with E-state index >= 15 is 0 Å². The van der Waals surface area contributed by atoms with Gasteiger partial charge >= 0.3 is 17.9 Å². The zero-order chi connectivity index (χ0) is 59.9. The van der Waals surface area contributed by atoms with Gasteiger partial charge in [-0.25, -0.2) is 0 Å². The molecule has 0 rings (SSSR count). The monoisotopic (exact) mass is 1150 g/mol. The van der Waals surface area contributed by atoms with Gasteiger partial charge < -0.3 is 14.2 Å². The van der Waals surface area contributed by atoms with Crippen molar-refractivity contribution in [2.45, 2.75) is 322 Å².